The SMILES string of the molecule is CC(C)C(=O)NCC1CCC2(CCN(Cc3cccc(Oc4ccccc4)c3)CC2)O1. The van der Waals surface area contributed by atoms with Crippen molar-refractivity contribution in [3.05, 3.63) is 60.2 Å². The summed E-state index contributed by atoms with van der Waals surface area (Å²) in [6, 6.07) is 18.3. The van der Waals surface area contributed by atoms with Crippen molar-refractivity contribution < 1.29 is 14.3 Å². The average molecular weight is 423 g/mol. The van der Waals surface area contributed by atoms with E-state index in [0.717, 1.165) is 56.8 Å². The zero-order chi connectivity index (χ0) is 21.7. The fourth-order valence-electron chi connectivity index (χ4n) is 4.53. The van der Waals surface area contributed by atoms with Crippen molar-refractivity contribution in [3.63, 3.8) is 0 Å². The number of ether oxygens (including phenoxy) is 2. The first-order valence-electron chi connectivity index (χ1n) is 11.5. The third-order valence-corrected chi connectivity index (χ3v) is 6.42. The van der Waals surface area contributed by atoms with Crippen LogP contribution in [0.25, 0.3) is 0 Å². The van der Waals surface area contributed by atoms with Crippen LogP contribution in [0.1, 0.15) is 45.1 Å². The van der Waals surface area contributed by atoms with Crippen LogP contribution < -0.4 is 10.1 Å². The smallest absolute Gasteiger partial charge is 0.222 e. The lowest BCUT2D eigenvalue weighted by atomic mass is 9.88. The monoisotopic (exact) mass is 422 g/mol. The molecule has 4 rings (SSSR count). The molecule has 166 valence electrons. The van der Waals surface area contributed by atoms with Crippen molar-refractivity contribution in [1.29, 1.82) is 0 Å². The average Bonchev–Trinajstić information content (AvgIpc) is 3.17. The Labute approximate surface area is 185 Å². The molecular weight excluding hydrogens is 388 g/mol. The number of carbonyl (C=O) groups is 1. The van der Waals surface area contributed by atoms with E-state index in [1.54, 1.807) is 0 Å². The maximum absolute atomic E-state index is 11.8. The molecule has 0 bridgehead atoms. The molecule has 1 unspecified atom stereocenters. The van der Waals surface area contributed by atoms with Crippen LogP contribution in [0.3, 0.4) is 0 Å². The minimum absolute atomic E-state index is 0.00198. The molecule has 0 saturated carbocycles. The van der Waals surface area contributed by atoms with Crippen molar-refractivity contribution >= 4 is 5.91 Å². The number of para-hydroxylation sites is 1. The third kappa shape index (κ3) is 5.86. The van der Waals surface area contributed by atoms with Crippen LogP contribution >= 0.6 is 0 Å². The Hall–Kier alpha value is -2.37. The van der Waals surface area contributed by atoms with Gasteiger partial charge in [-0.15, -0.1) is 0 Å². The zero-order valence-electron chi connectivity index (χ0n) is 18.7. The Kier molecular flexibility index (Phi) is 6.93. The summed E-state index contributed by atoms with van der Waals surface area (Å²) in [4.78, 5) is 14.3. The molecule has 0 aliphatic carbocycles. The lowest BCUT2D eigenvalue weighted by Gasteiger charge is -2.39. The van der Waals surface area contributed by atoms with E-state index in [1.807, 2.05) is 50.2 Å². The second kappa shape index (κ2) is 9.84. The van der Waals surface area contributed by atoms with Crippen molar-refractivity contribution in [2.24, 2.45) is 5.92 Å². The molecule has 0 radical (unpaired) electrons. The van der Waals surface area contributed by atoms with E-state index >= 15 is 0 Å². The van der Waals surface area contributed by atoms with Gasteiger partial charge in [0.1, 0.15) is 11.5 Å². The first-order chi connectivity index (χ1) is 15.0. The number of nitrogens with zero attached hydrogens (tertiary/aromatic N) is 1. The Morgan fingerprint density at radius 2 is 1.84 bits per heavy atom. The Morgan fingerprint density at radius 1 is 1.10 bits per heavy atom. The molecule has 31 heavy (non-hydrogen) atoms. The van der Waals surface area contributed by atoms with Crippen molar-refractivity contribution in [1.82, 2.24) is 10.2 Å². The van der Waals surface area contributed by atoms with Gasteiger partial charge >= 0.3 is 0 Å². The summed E-state index contributed by atoms with van der Waals surface area (Å²) in [5.41, 5.74) is 1.27. The first-order valence-corrected chi connectivity index (χ1v) is 11.5. The van der Waals surface area contributed by atoms with Crippen LogP contribution in [-0.2, 0) is 16.1 Å². The largest absolute Gasteiger partial charge is 0.457 e. The van der Waals surface area contributed by atoms with E-state index in [9.17, 15) is 4.79 Å². The highest BCUT2D eigenvalue weighted by molar-refractivity contribution is 5.77. The van der Waals surface area contributed by atoms with Crippen LogP contribution in [0.5, 0.6) is 11.5 Å². The third-order valence-electron chi connectivity index (χ3n) is 6.42. The van der Waals surface area contributed by atoms with Gasteiger partial charge in [0, 0.05) is 32.1 Å². The minimum Gasteiger partial charge on any atom is -0.457 e. The summed E-state index contributed by atoms with van der Waals surface area (Å²) < 4.78 is 12.4. The zero-order valence-corrected chi connectivity index (χ0v) is 18.7. The van der Waals surface area contributed by atoms with Crippen LogP contribution in [0.2, 0.25) is 0 Å². The second-order valence-corrected chi connectivity index (χ2v) is 9.20. The van der Waals surface area contributed by atoms with E-state index in [1.165, 1.54) is 5.56 Å². The van der Waals surface area contributed by atoms with Gasteiger partial charge in [-0.1, -0.05) is 44.2 Å². The van der Waals surface area contributed by atoms with Gasteiger partial charge in [-0.05, 0) is 55.5 Å². The molecule has 2 aliphatic heterocycles. The van der Waals surface area contributed by atoms with Crippen LogP contribution in [0.4, 0.5) is 0 Å². The number of rotatable bonds is 7. The van der Waals surface area contributed by atoms with Crippen LogP contribution in [0.15, 0.2) is 54.6 Å². The fraction of sp³-hybridized carbons (Fsp3) is 0.500. The maximum atomic E-state index is 11.8. The first kappa shape index (κ1) is 21.8. The quantitative estimate of drug-likeness (QED) is 0.699. The summed E-state index contributed by atoms with van der Waals surface area (Å²) in [7, 11) is 0. The Morgan fingerprint density at radius 3 is 2.58 bits per heavy atom. The van der Waals surface area contributed by atoms with E-state index < -0.39 is 0 Å². The number of nitrogens with one attached hydrogen (secondary N) is 1. The second-order valence-electron chi connectivity index (χ2n) is 9.20. The van der Waals surface area contributed by atoms with Gasteiger partial charge in [0.15, 0.2) is 0 Å². The molecule has 1 N–H and O–H groups in total. The van der Waals surface area contributed by atoms with Crippen molar-refractivity contribution in [2.45, 2.75) is 57.8 Å². The van der Waals surface area contributed by atoms with Gasteiger partial charge < -0.3 is 14.8 Å². The Bertz CT molecular complexity index is 860. The number of likely N-dealkylation sites (tertiary alicyclic amines) is 1. The molecule has 5 heteroatoms. The molecule has 1 atom stereocenters. The molecule has 2 aliphatic rings. The predicted molar refractivity (Wildman–Crippen MR) is 122 cm³/mol. The lowest BCUT2D eigenvalue weighted by molar-refractivity contribution is -0.125. The molecule has 1 spiro atoms. The molecule has 2 saturated heterocycles. The molecule has 2 fully saturated rings. The molecule has 2 aromatic carbocycles. The summed E-state index contributed by atoms with van der Waals surface area (Å²) in [5, 5.41) is 3.02. The number of piperidine rings is 1. The van der Waals surface area contributed by atoms with Gasteiger partial charge in [-0.2, -0.15) is 0 Å². The lowest BCUT2D eigenvalue weighted by Crippen LogP contribution is -2.45. The van der Waals surface area contributed by atoms with E-state index in [2.05, 4.69) is 28.4 Å². The van der Waals surface area contributed by atoms with Crippen molar-refractivity contribution in [3.8, 4) is 11.5 Å². The van der Waals surface area contributed by atoms with Gasteiger partial charge in [0.2, 0.25) is 5.91 Å². The molecule has 2 aromatic rings. The standard InChI is InChI=1S/C26H34N2O3/c1-20(2)25(29)27-18-24-11-12-26(31-24)13-15-28(16-14-26)19-21-7-6-10-23(17-21)30-22-8-4-3-5-9-22/h3-10,17,20,24H,11-16,18-19H2,1-2H3,(H,27,29). The summed E-state index contributed by atoms with van der Waals surface area (Å²) in [6.07, 6.45) is 4.41. The highest BCUT2D eigenvalue weighted by atomic mass is 16.5. The van der Waals surface area contributed by atoms with Gasteiger partial charge in [0.05, 0.1) is 11.7 Å². The van der Waals surface area contributed by atoms with Gasteiger partial charge in [-0.25, -0.2) is 0 Å². The number of hydrogen-bond acceptors (Lipinski definition) is 4. The van der Waals surface area contributed by atoms with Crippen LogP contribution in [-0.4, -0.2) is 42.1 Å². The topological polar surface area (TPSA) is 50.8 Å². The molecule has 0 aromatic heterocycles. The number of amides is 1. The van der Waals surface area contributed by atoms with Gasteiger partial charge in [0.25, 0.3) is 0 Å². The summed E-state index contributed by atoms with van der Waals surface area (Å²) in [5.74, 6) is 1.87. The summed E-state index contributed by atoms with van der Waals surface area (Å²) >= 11 is 0. The van der Waals surface area contributed by atoms with E-state index in [4.69, 9.17) is 9.47 Å². The molecule has 1 amide bonds. The number of hydrogen-bond donors (Lipinski definition) is 1. The maximum Gasteiger partial charge on any atom is 0.222 e. The van der Waals surface area contributed by atoms with E-state index in [-0.39, 0.29) is 23.5 Å². The number of carbonyl (C=O) groups excluding carboxylic acids is 1. The fourth-order valence-corrected chi connectivity index (χ4v) is 4.53. The molecule has 5 nitrogen and oxygen atoms in total. The van der Waals surface area contributed by atoms with Gasteiger partial charge in [-0.3, -0.25) is 9.69 Å². The highest BCUT2D eigenvalue weighted by Crippen LogP contribution is 2.39. The van der Waals surface area contributed by atoms with E-state index in [0.29, 0.717) is 6.54 Å². The molecular formula is C26H34N2O3. The highest BCUT2D eigenvalue weighted by Gasteiger charge is 2.42. The minimum atomic E-state index is 0.00198. The number of benzene rings is 2. The normalized spacial score (nSPS) is 20.8. The van der Waals surface area contributed by atoms with Crippen molar-refractivity contribution in [2.75, 3.05) is 19.6 Å². The Balaban J connectivity index is 1.25. The molecule has 2 heterocycles. The van der Waals surface area contributed by atoms with Crippen LogP contribution in [0, 0.1) is 5.92 Å². The summed E-state index contributed by atoms with van der Waals surface area (Å²) in [6.45, 7) is 7.48. The predicted octanol–water partition coefficient (Wildman–Crippen LogP) is 4.76.